The van der Waals surface area contributed by atoms with E-state index in [0.29, 0.717) is 6.54 Å². The van der Waals surface area contributed by atoms with Crippen molar-refractivity contribution in [3.05, 3.63) is 71.3 Å². The number of allylic oxidation sites excluding steroid dienone is 2. The van der Waals surface area contributed by atoms with Crippen molar-refractivity contribution in [2.45, 2.75) is 25.8 Å². The van der Waals surface area contributed by atoms with Crippen molar-refractivity contribution in [2.75, 3.05) is 12.3 Å². The van der Waals surface area contributed by atoms with Crippen molar-refractivity contribution in [2.24, 2.45) is 11.5 Å². The minimum Gasteiger partial charge on any atom is -0.398 e. The zero-order valence-electron chi connectivity index (χ0n) is 15.3. The van der Waals surface area contributed by atoms with Crippen molar-refractivity contribution < 1.29 is 0 Å². The first kappa shape index (κ1) is 16.8. The normalized spacial score (nSPS) is 19.8. The summed E-state index contributed by atoms with van der Waals surface area (Å²) in [6, 6.07) is 14.9. The number of nitrogen functional groups attached to an aromatic ring is 1. The molecule has 0 spiro atoms. The molecule has 132 valence electrons. The molecule has 3 aromatic carbocycles. The van der Waals surface area contributed by atoms with Crippen LogP contribution in [0.4, 0.5) is 5.69 Å². The Labute approximate surface area is 154 Å². The first-order valence-electron chi connectivity index (χ1n) is 9.14. The van der Waals surface area contributed by atoms with E-state index < -0.39 is 5.54 Å². The van der Waals surface area contributed by atoms with Crippen molar-refractivity contribution in [3.8, 4) is 0 Å². The van der Waals surface area contributed by atoms with Gasteiger partial charge in [0.2, 0.25) is 0 Å². The Balaban J connectivity index is 2.08. The number of hydrogen-bond donors (Lipinski definition) is 3. The van der Waals surface area contributed by atoms with Crippen LogP contribution in [0.25, 0.3) is 27.1 Å². The molecule has 0 fully saturated rings. The van der Waals surface area contributed by atoms with Gasteiger partial charge >= 0.3 is 0 Å². The first-order valence-corrected chi connectivity index (χ1v) is 9.14. The number of rotatable bonds is 3. The molecule has 3 heteroatoms. The predicted octanol–water partition coefficient (Wildman–Crippen LogP) is 4.44. The fraction of sp³-hybridized carbons (Fsp3) is 0.217. The Kier molecular flexibility index (Phi) is 3.87. The number of fused-ring (bicyclic) bond motifs is 3. The lowest BCUT2D eigenvalue weighted by atomic mass is 9.86. The maximum Gasteiger partial charge on any atom is 0.0611 e. The Morgan fingerprint density at radius 2 is 1.81 bits per heavy atom. The molecule has 0 amide bonds. The van der Waals surface area contributed by atoms with E-state index in [-0.39, 0.29) is 0 Å². The van der Waals surface area contributed by atoms with Gasteiger partial charge in [-0.2, -0.15) is 0 Å². The van der Waals surface area contributed by atoms with E-state index in [0.717, 1.165) is 39.2 Å². The number of hydrogen-bond acceptors (Lipinski definition) is 3. The second-order valence-electron chi connectivity index (χ2n) is 7.22. The number of benzene rings is 3. The molecule has 1 atom stereocenters. The van der Waals surface area contributed by atoms with Crippen LogP contribution in [-0.4, -0.2) is 6.54 Å². The summed E-state index contributed by atoms with van der Waals surface area (Å²) in [5.41, 5.74) is 24.1. The van der Waals surface area contributed by atoms with E-state index in [1.165, 1.54) is 16.7 Å². The lowest BCUT2D eigenvalue weighted by Crippen LogP contribution is -2.33. The van der Waals surface area contributed by atoms with Crippen LogP contribution < -0.4 is 17.2 Å². The molecule has 3 aromatic rings. The van der Waals surface area contributed by atoms with E-state index in [1.807, 2.05) is 18.2 Å². The third-order valence-electron chi connectivity index (χ3n) is 5.62. The van der Waals surface area contributed by atoms with Gasteiger partial charge in [0.15, 0.2) is 0 Å². The Hall–Kier alpha value is -2.62. The zero-order valence-corrected chi connectivity index (χ0v) is 15.3. The van der Waals surface area contributed by atoms with Gasteiger partial charge in [0, 0.05) is 23.0 Å². The molecule has 0 aromatic heterocycles. The minimum atomic E-state index is -0.479. The topological polar surface area (TPSA) is 78.1 Å². The average Bonchev–Trinajstić information content (AvgIpc) is 2.84. The molecule has 6 N–H and O–H groups in total. The number of nitrogens with two attached hydrogens (primary N) is 3. The van der Waals surface area contributed by atoms with Crippen molar-refractivity contribution in [3.63, 3.8) is 0 Å². The van der Waals surface area contributed by atoms with Gasteiger partial charge in [-0.3, -0.25) is 0 Å². The Morgan fingerprint density at radius 3 is 2.54 bits per heavy atom. The van der Waals surface area contributed by atoms with E-state index in [2.05, 4.69) is 50.3 Å². The highest BCUT2D eigenvalue weighted by Gasteiger charge is 2.36. The lowest BCUT2D eigenvalue weighted by molar-refractivity contribution is 0.583. The van der Waals surface area contributed by atoms with Crippen LogP contribution in [-0.2, 0) is 5.54 Å². The smallest absolute Gasteiger partial charge is 0.0611 e. The maximum absolute atomic E-state index is 6.79. The monoisotopic (exact) mass is 343 g/mol. The van der Waals surface area contributed by atoms with Crippen molar-refractivity contribution >= 4 is 32.8 Å². The molecule has 3 nitrogen and oxygen atoms in total. The quantitative estimate of drug-likeness (QED) is 0.486. The van der Waals surface area contributed by atoms with Crippen molar-refractivity contribution in [1.29, 1.82) is 0 Å². The van der Waals surface area contributed by atoms with Gasteiger partial charge in [-0.1, -0.05) is 43.3 Å². The fourth-order valence-corrected chi connectivity index (χ4v) is 4.34. The molecule has 4 rings (SSSR count). The van der Waals surface area contributed by atoms with Gasteiger partial charge in [-0.25, -0.2) is 0 Å². The molecule has 1 aliphatic rings. The third kappa shape index (κ3) is 2.28. The van der Waals surface area contributed by atoms with Crippen LogP contribution in [0.15, 0.2) is 60.2 Å². The summed E-state index contributed by atoms with van der Waals surface area (Å²) < 4.78 is 0. The Morgan fingerprint density at radius 1 is 1.04 bits per heavy atom. The van der Waals surface area contributed by atoms with Gasteiger partial charge in [0.1, 0.15) is 0 Å². The van der Waals surface area contributed by atoms with Gasteiger partial charge in [-0.05, 0) is 64.6 Å². The maximum atomic E-state index is 6.79. The van der Waals surface area contributed by atoms with Crippen molar-refractivity contribution in [1.82, 2.24) is 0 Å². The largest absolute Gasteiger partial charge is 0.398 e. The van der Waals surface area contributed by atoms with Crippen LogP contribution in [0.5, 0.6) is 0 Å². The summed E-state index contributed by atoms with van der Waals surface area (Å²) in [7, 11) is 0. The summed E-state index contributed by atoms with van der Waals surface area (Å²) in [5, 5.41) is 4.46. The highest BCUT2D eigenvalue weighted by atomic mass is 14.8. The molecular weight excluding hydrogens is 318 g/mol. The summed E-state index contributed by atoms with van der Waals surface area (Å²) in [4.78, 5) is 0. The molecule has 1 aliphatic carbocycles. The molecule has 0 bridgehead atoms. The van der Waals surface area contributed by atoms with Gasteiger partial charge in [0.05, 0.1) is 5.54 Å². The van der Waals surface area contributed by atoms with Gasteiger partial charge in [-0.15, -0.1) is 0 Å². The fourth-order valence-electron chi connectivity index (χ4n) is 4.34. The summed E-state index contributed by atoms with van der Waals surface area (Å²) in [5.74, 6) is 0. The lowest BCUT2D eigenvalue weighted by Gasteiger charge is -2.24. The zero-order chi connectivity index (χ0) is 18.5. The summed E-state index contributed by atoms with van der Waals surface area (Å²) in [6.07, 6.45) is 5.00. The van der Waals surface area contributed by atoms with E-state index in [9.17, 15) is 0 Å². The first-order chi connectivity index (χ1) is 12.5. The highest BCUT2D eigenvalue weighted by molar-refractivity contribution is 6.11. The van der Waals surface area contributed by atoms with E-state index in [1.54, 1.807) is 0 Å². The molecular formula is C23H25N3. The number of anilines is 1. The Bertz CT molecular complexity index is 1090. The second kappa shape index (κ2) is 5.97. The highest BCUT2D eigenvalue weighted by Crippen LogP contribution is 2.47. The van der Waals surface area contributed by atoms with E-state index >= 15 is 0 Å². The van der Waals surface area contributed by atoms with Gasteiger partial charge < -0.3 is 17.2 Å². The predicted molar refractivity (Wildman–Crippen MR) is 113 cm³/mol. The SMILES string of the molecule is CCC1=C(/C=C\CN)c2cc3c(N)c4ccccc4cc3cc2C1(C)N. The van der Waals surface area contributed by atoms with Crippen LogP contribution in [0, 0.1) is 0 Å². The molecule has 1 unspecified atom stereocenters. The van der Waals surface area contributed by atoms with E-state index in [4.69, 9.17) is 17.2 Å². The molecule has 0 radical (unpaired) electrons. The molecule has 0 saturated carbocycles. The summed E-state index contributed by atoms with van der Waals surface area (Å²) in [6.45, 7) is 4.77. The molecule has 0 aliphatic heterocycles. The van der Waals surface area contributed by atoms with Crippen LogP contribution in [0.1, 0.15) is 31.4 Å². The third-order valence-corrected chi connectivity index (χ3v) is 5.62. The summed E-state index contributed by atoms with van der Waals surface area (Å²) >= 11 is 0. The average molecular weight is 343 g/mol. The van der Waals surface area contributed by atoms with Gasteiger partial charge in [0.25, 0.3) is 0 Å². The molecule has 0 saturated heterocycles. The second-order valence-corrected chi connectivity index (χ2v) is 7.22. The molecule has 0 heterocycles. The van der Waals surface area contributed by atoms with Crippen LogP contribution in [0.3, 0.4) is 0 Å². The minimum absolute atomic E-state index is 0.479. The van der Waals surface area contributed by atoms with Crippen LogP contribution >= 0.6 is 0 Å². The van der Waals surface area contributed by atoms with Crippen LogP contribution in [0.2, 0.25) is 0 Å². The standard InChI is InChI=1S/C23H25N3/c1-3-20-17(9-6-10-24)19-13-18-15(12-21(19)23(20,2)26)11-14-7-4-5-8-16(14)22(18)25/h4-9,11-13H,3,10,24-26H2,1-2H3/b9-6-. The molecule has 26 heavy (non-hydrogen) atoms.